The molecule has 1 heterocycles. The summed E-state index contributed by atoms with van der Waals surface area (Å²) in [6.45, 7) is 1.88. The van der Waals surface area contributed by atoms with Crippen molar-refractivity contribution < 1.29 is 13.2 Å². The summed E-state index contributed by atoms with van der Waals surface area (Å²) < 4.78 is 28.0. The summed E-state index contributed by atoms with van der Waals surface area (Å²) in [4.78, 5) is 18.2. The van der Waals surface area contributed by atoms with Gasteiger partial charge in [0, 0.05) is 6.20 Å². The molecule has 0 atom stereocenters. The van der Waals surface area contributed by atoms with Crippen LogP contribution in [0.25, 0.3) is 10.4 Å². The van der Waals surface area contributed by atoms with Crippen LogP contribution < -0.4 is 10.0 Å². The van der Waals surface area contributed by atoms with Crippen LogP contribution in [0.15, 0.2) is 90.0 Å². The molecule has 0 spiro atoms. The summed E-state index contributed by atoms with van der Waals surface area (Å²) in [7, 11) is -3.83. The number of para-hydroxylation sites is 1. The van der Waals surface area contributed by atoms with E-state index in [4.69, 9.17) is 0 Å². The number of anilines is 2. The number of benzene rings is 3. The van der Waals surface area contributed by atoms with Crippen molar-refractivity contribution in [3.63, 3.8) is 0 Å². The number of carbonyl (C=O) groups is 1. The number of nitrogens with zero attached hydrogens (tertiary/aromatic N) is 1. The first-order valence-corrected chi connectivity index (χ1v) is 11.7. The number of carbonyl (C=O) groups excluding carboxylic acids is 1. The van der Waals surface area contributed by atoms with Gasteiger partial charge >= 0.3 is 0 Å². The van der Waals surface area contributed by atoms with E-state index in [9.17, 15) is 13.2 Å². The molecule has 6 nitrogen and oxygen atoms in total. The first-order valence-electron chi connectivity index (χ1n) is 9.43. The zero-order valence-corrected chi connectivity index (χ0v) is 18.2. The van der Waals surface area contributed by atoms with Gasteiger partial charge in [0.15, 0.2) is 5.13 Å². The van der Waals surface area contributed by atoms with Gasteiger partial charge in [-0.05, 0) is 36.8 Å². The lowest BCUT2D eigenvalue weighted by molar-refractivity contribution is 0.102. The van der Waals surface area contributed by atoms with Gasteiger partial charge in [-0.2, -0.15) is 0 Å². The van der Waals surface area contributed by atoms with Gasteiger partial charge < -0.3 is 0 Å². The molecule has 4 aromatic rings. The minimum absolute atomic E-state index is 0.126. The van der Waals surface area contributed by atoms with Crippen LogP contribution in [0.5, 0.6) is 0 Å². The van der Waals surface area contributed by atoms with Crippen molar-refractivity contribution in [3.05, 3.63) is 96.2 Å². The van der Waals surface area contributed by atoms with Crippen LogP contribution in [-0.4, -0.2) is 19.3 Å². The van der Waals surface area contributed by atoms with Gasteiger partial charge in [-0.1, -0.05) is 71.5 Å². The van der Waals surface area contributed by atoms with E-state index in [2.05, 4.69) is 15.0 Å². The smallest absolute Gasteiger partial charge is 0.261 e. The minimum atomic E-state index is -3.83. The second kappa shape index (κ2) is 8.71. The number of aromatic nitrogens is 1. The van der Waals surface area contributed by atoms with Gasteiger partial charge in [-0.15, -0.1) is 0 Å². The van der Waals surface area contributed by atoms with E-state index in [0.29, 0.717) is 5.13 Å². The summed E-state index contributed by atoms with van der Waals surface area (Å²) in [6.07, 6.45) is 1.70. The summed E-state index contributed by atoms with van der Waals surface area (Å²) in [5.74, 6) is -0.448. The van der Waals surface area contributed by atoms with E-state index in [0.717, 1.165) is 16.0 Å². The Kier molecular flexibility index (Phi) is 5.83. The lowest BCUT2D eigenvalue weighted by Crippen LogP contribution is -2.18. The van der Waals surface area contributed by atoms with E-state index >= 15 is 0 Å². The quantitative estimate of drug-likeness (QED) is 0.425. The standard InChI is InChI=1S/C23H19N3O3S2/c1-16-11-13-18(14-12-16)31(28,29)26-20-10-6-5-9-19(20)22(27)25-23-24-15-21(30-23)17-7-3-2-4-8-17/h2-15,26H,1H3,(H,24,25,27). The Bertz CT molecular complexity index is 1320. The number of hydrogen-bond acceptors (Lipinski definition) is 5. The van der Waals surface area contributed by atoms with Gasteiger partial charge in [0.05, 0.1) is 21.0 Å². The molecule has 0 fully saturated rings. The normalized spacial score (nSPS) is 11.1. The molecule has 8 heteroatoms. The number of thiazole rings is 1. The highest BCUT2D eigenvalue weighted by Gasteiger charge is 2.19. The van der Waals surface area contributed by atoms with Crippen LogP contribution in [0.3, 0.4) is 0 Å². The molecule has 1 amide bonds. The first-order chi connectivity index (χ1) is 14.9. The number of sulfonamides is 1. The molecular weight excluding hydrogens is 430 g/mol. The van der Waals surface area contributed by atoms with Crippen molar-refractivity contribution in [2.75, 3.05) is 10.0 Å². The van der Waals surface area contributed by atoms with Crippen LogP contribution in [0.4, 0.5) is 10.8 Å². The number of nitrogens with one attached hydrogen (secondary N) is 2. The molecule has 0 aliphatic heterocycles. The molecule has 0 saturated heterocycles. The Morgan fingerprint density at radius 1 is 0.903 bits per heavy atom. The van der Waals surface area contributed by atoms with Crippen LogP contribution in [-0.2, 0) is 10.0 Å². The zero-order chi connectivity index (χ0) is 21.8. The van der Waals surface area contributed by atoms with Gasteiger partial charge in [0.1, 0.15) is 0 Å². The Morgan fingerprint density at radius 3 is 2.32 bits per heavy atom. The fourth-order valence-corrected chi connectivity index (χ4v) is 4.82. The highest BCUT2D eigenvalue weighted by Crippen LogP contribution is 2.29. The van der Waals surface area contributed by atoms with Crippen molar-refractivity contribution >= 4 is 38.1 Å². The topological polar surface area (TPSA) is 88.2 Å². The molecule has 156 valence electrons. The van der Waals surface area contributed by atoms with E-state index in [1.807, 2.05) is 37.3 Å². The molecule has 0 bridgehead atoms. The third-order valence-corrected chi connectivity index (χ3v) is 6.88. The summed E-state index contributed by atoms with van der Waals surface area (Å²) in [5, 5.41) is 3.19. The van der Waals surface area contributed by atoms with E-state index in [1.165, 1.54) is 23.5 Å². The third-order valence-electron chi connectivity index (χ3n) is 4.53. The molecule has 2 N–H and O–H groups in total. The molecule has 0 aliphatic rings. The highest BCUT2D eigenvalue weighted by molar-refractivity contribution is 7.92. The van der Waals surface area contributed by atoms with Crippen molar-refractivity contribution in [3.8, 4) is 10.4 Å². The molecule has 4 rings (SSSR count). The van der Waals surface area contributed by atoms with E-state index in [-0.39, 0.29) is 16.1 Å². The average molecular weight is 450 g/mol. The molecule has 1 aromatic heterocycles. The largest absolute Gasteiger partial charge is 0.298 e. The summed E-state index contributed by atoms with van der Waals surface area (Å²) in [6, 6.07) is 22.7. The van der Waals surface area contributed by atoms with Gasteiger partial charge in [-0.3, -0.25) is 14.8 Å². The van der Waals surface area contributed by atoms with E-state index < -0.39 is 15.9 Å². The molecule has 3 aromatic carbocycles. The predicted molar refractivity (Wildman–Crippen MR) is 124 cm³/mol. The van der Waals surface area contributed by atoms with Crippen molar-refractivity contribution in [2.24, 2.45) is 0 Å². The van der Waals surface area contributed by atoms with Crippen LogP contribution in [0.2, 0.25) is 0 Å². The maximum Gasteiger partial charge on any atom is 0.261 e. The van der Waals surface area contributed by atoms with Crippen molar-refractivity contribution in [1.82, 2.24) is 4.98 Å². The average Bonchev–Trinajstić information content (AvgIpc) is 3.23. The predicted octanol–water partition coefficient (Wildman–Crippen LogP) is 5.17. The first kappa shape index (κ1) is 20.8. The maximum atomic E-state index is 12.9. The number of hydrogen-bond donors (Lipinski definition) is 2. The summed E-state index contributed by atoms with van der Waals surface area (Å²) in [5.41, 5.74) is 2.36. The van der Waals surface area contributed by atoms with Crippen LogP contribution in [0, 0.1) is 6.92 Å². The Labute approximate surface area is 184 Å². The Balaban J connectivity index is 1.55. The van der Waals surface area contributed by atoms with E-state index in [1.54, 1.807) is 42.6 Å². The second-order valence-corrected chi connectivity index (χ2v) is 9.53. The number of rotatable bonds is 6. The number of aryl methyl sites for hydroxylation is 1. The lowest BCUT2D eigenvalue weighted by atomic mass is 10.2. The van der Waals surface area contributed by atoms with Crippen LogP contribution in [0.1, 0.15) is 15.9 Å². The molecule has 0 radical (unpaired) electrons. The molecule has 0 aliphatic carbocycles. The molecule has 31 heavy (non-hydrogen) atoms. The minimum Gasteiger partial charge on any atom is -0.298 e. The summed E-state index contributed by atoms with van der Waals surface area (Å²) >= 11 is 1.34. The number of amides is 1. The SMILES string of the molecule is Cc1ccc(S(=O)(=O)Nc2ccccc2C(=O)Nc2ncc(-c3ccccc3)s2)cc1. The Hall–Kier alpha value is -3.49. The molecule has 0 unspecified atom stereocenters. The third kappa shape index (κ3) is 4.82. The monoisotopic (exact) mass is 449 g/mol. The second-order valence-electron chi connectivity index (χ2n) is 6.81. The zero-order valence-electron chi connectivity index (χ0n) is 16.6. The maximum absolute atomic E-state index is 12.9. The van der Waals surface area contributed by atoms with Crippen LogP contribution >= 0.6 is 11.3 Å². The van der Waals surface area contributed by atoms with Crippen molar-refractivity contribution in [1.29, 1.82) is 0 Å². The van der Waals surface area contributed by atoms with Gasteiger partial charge in [-0.25, -0.2) is 13.4 Å². The Morgan fingerprint density at radius 2 is 1.58 bits per heavy atom. The van der Waals surface area contributed by atoms with Gasteiger partial charge in [0.2, 0.25) is 0 Å². The molecule has 0 saturated carbocycles. The lowest BCUT2D eigenvalue weighted by Gasteiger charge is -2.12. The fraction of sp³-hybridized carbons (Fsp3) is 0.0435. The fourth-order valence-electron chi connectivity index (χ4n) is 2.92. The van der Waals surface area contributed by atoms with Crippen molar-refractivity contribution in [2.45, 2.75) is 11.8 Å². The highest BCUT2D eigenvalue weighted by atomic mass is 32.2. The molecular formula is C23H19N3O3S2. The van der Waals surface area contributed by atoms with Gasteiger partial charge in [0.25, 0.3) is 15.9 Å².